The summed E-state index contributed by atoms with van der Waals surface area (Å²) in [6, 6.07) is 4.13. The Morgan fingerprint density at radius 2 is 2.11 bits per heavy atom. The van der Waals surface area contributed by atoms with Gasteiger partial charge in [-0.2, -0.15) is 0 Å². The van der Waals surface area contributed by atoms with Crippen molar-refractivity contribution in [3.05, 3.63) is 23.9 Å². The number of carbonyl (C=O) groups is 2. The fourth-order valence-electron chi connectivity index (χ4n) is 5.50. The number of amides is 2. The number of hydrogen-bond acceptors (Lipinski definition) is 5. The lowest BCUT2D eigenvalue weighted by atomic mass is 9.72. The maximum absolute atomic E-state index is 13.3. The number of nitrogens with one attached hydrogen (secondary N) is 1. The molecule has 7 nitrogen and oxygen atoms in total. The second kappa shape index (κ2) is 7.70. The molecule has 2 bridgehead atoms. The Hall–Kier alpha value is -2.15. The Morgan fingerprint density at radius 3 is 2.86 bits per heavy atom. The summed E-state index contributed by atoms with van der Waals surface area (Å²) in [5, 5.41) is 3.03. The molecule has 4 heterocycles. The van der Waals surface area contributed by atoms with Crippen LogP contribution in [0.1, 0.15) is 36.0 Å². The summed E-state index contributed by atoms with van der Waals surface area (Å²) in [6.45, 7) is 2.30. The quantitative estimate of drug-likeness (QED) is 0.851. The Bertz CT molecular complexity index is 752. The number of nitrogens with zero attached hydrogens (tertiary/aromatic N) is 4. The molecule has 3 fully saturated rings. The van der Waals surface area contributed by atoms with Crippen molar-refractivity contribution in [2.75, 3.05) is 46.1 Å². The van der Waals surface area contributed by atoms with Crippen LogP contribution in [-0.2, 0) is 4.79 Å². The van der Waals surface area contributed by atoms with Crippen LogP contribution in [-0.4, -0.2) is 84.4 Å². The molecule has 7 heteroatoms. The van der Waals surface area contributed by atoms with Crippen LogP contribution in [0.5, 0.6) is 0 Å². The lowest BCUT2D eigenvalue weighted by molar-refractivity contribution is -0.152. The number of rotatable bonds is 4. The van der Waals surface area contributed by atoms with E-state index in [0.717, 1.165) is 32.4 Å². The predicted molar refractivity (Wildman–Crippen MR) is 108 cm³/mol. The minimum atomic E-state index is 0.0475. The summed E-state index contributed by atoms with van der Waals surface area (Å²) in [5.74, 6) is 1.69. The number of likely N-dealkylation sites (tertiary alicyclic amines) is 1. The van der Waals surface area contributed by atoms with E-state index in [1.807, 2.05) is 17.0 Å². The topological polar surface area (TPSA) is 68.8 Å². The van der Waals surface area contributed by atoms with Crippen LogP contribution < -0.4 is 5.32 Å². The number of carbonyl (C=O) groups excluding carboxylic acids is 2. The zero-order valence-electron chi connectivity index (χ0n) is 17.1. The Kier molecular flexibility index (Phi) is 5.27. The van der Waals surface area contributed by atoms with E-state index in [1.165, 1.54) is 0 Å². The average Bonchev–Trinajstić information content (AvgIpc) is 2.70. The van der Waals surface area contributed by atoms with Crippen molar-refractivity contribution in [2.24, 2.45) is 11.8 Å². The van der Waals surface area contributed by atoms with E-state index < -0.39 is 0 Å². The standard InChI is InChI=1S/C21H31N5O2/c1-22-20-16(6-5-9-23-20)21(28)25-11-14-10-15(12-25)18(13-24(2)3)26-17(14)7-4-8-19(26)27/h5-6,9,14-15,17-18H,4,7-8,10-13H2,1-3H3,(H,22,23)/t14-,15+,17+,18+/m1/s1. The largest absolute Gasteiger partial charge is 0.372 e. The first-order valence-electron chi connectivity index (χ1n) is 10.4. The average molecular weight is 386 g/mol. The third-order valence-electron chi connectivity index (χ3n) is 6.61. The van der Waals surface area contributed by atoms with Crippen molar-refractivity contribution < 1.29 is 9.59 Å². The van der Waals surface area contributed by atoms with Gasteiger partial charge >= 0.3 is 0 Å². The van der Waals surface area contributed by atoms with Gasteiger partial charge in [0.05, 0.1) is 5.56 Å². The smallest absolute Gasteiger partial charge is 0.257 e. The fourth-order valence-corrected chi connectivity index (χ4v) is 5.50. The number of fused-ring (bicyclic) bond motifs is 4. The molecule has 3 aliphatic rings. The zero-order chi connectivity index (χ0) is 19.8. The summed E-state index contributed by atoms with van der Waals surface area (Å²) in [4.78, 5) is 36.8. The molecule has 1 aromatic heterocycles. The van der Waals surface area contributed by atoms with Crippen LogP contribution in [0, 0.1) is 11.8 Å². The first-order chi connectivity index (χ1) is 13.5. The van der Waals surface area contributed by atoms with E-state index in [1.54, 1.807) is 13.2 Å². The molecule has 0 aliphatic carbocycles. The van der Waals surface area contributed by atoms with Gasteiger partial charge < -0.3 is 20.0 Å². The predicted octanol–water partition coefficient (Wildman–Crippen LogP) is 1.53. The first-order valence-corrected chi connectivity index (χ1v) is 10.4. The molecule has 0 spiro atoms. The Labute approximate surface area is 167 Å². The lowest BCUT2D eigenvalue weighted by Crippen LogP contribution is -2.67. The van der Waals surface area contributed by atoms with Crippen molar-refractivity contribution in [2.45, 2.75) is 37.8 Å². The van der Waals surface area contributed by atoms with Gasteiger partial charge in [0, 0.05) is 51.4 Å². The molecule has 1 N–H and O–H groups in total. The van der Waals surface area contributed by atoms with Gasteiger partial charge in [0.2, 0.25) is 5.91 Å². The number of likely N-dealkylation sites (N-methyl/N-ethyl adjacent to an activating group) is 1. The minimum absolute atomic E-state index is 0.0475. The lowest BCUT2D eigenvalue weighted by Gasteiger charge is -2.57. The molecule has 0 unspecified atom stereocenters. The van der Waals surface area contributed by atoms with E-state index in [-0.39, 0.29) is 18.0 Å². The number of anilines is 1. The Morgan fingerprint density at radius 1 is 1.32 bits per heavy atom. The van der Waals surface area contributed by atoms with E-state index in [4.69, 9.17) is 0 Å². The van der Waals surface area contributed by atoms with Crippen LogP contribution in [0.15, 0.2) is 18.3 Å². The molecule has 3 saturated heterocycles. The van der Waals surface area contributed by atoms with Crippen LogP contribution in [0.3, 0.4) is 0 Å². The normalized spacial score (nSPS) is 29.6. The van der Waals surface area contributed by atoms with Gasteiger partial charge in [-0.1, -0.05) is 0 Å². The van der Waals surface area contributed by atoms with Crippen molar-refractivity contribution in [1.29, 1.82) is 0 Å². The number of pyridine rings is 1. The van der Waals surface area contributed by atoms with Crippen LogP contribution >= 0.6 is 0 Å². The minimum Gasteiger partial charge on any atom is -0.372 e. The van der Waals surface area contributed by atoms with E-state index in [9.17, 15) is 9.59 Å². The molecule has 0 saturated carbocycles. The van der Waals surface area contributed by atoms with Crippen LogP contribution in [0.2, 0.25) is 0 Å². The van der Waals surface area contributed by atoms with Crippen molar-refractivity contribution in [3.8, 4) is 0 Å². The van der Waals surface area contributed by atoms with Crippen molar-refractivity contribution >= 4 is 17.6 Å². The highest BCUT2D eigenvalue weighted by Gasteiger charge is 2.50. The zero-order valence-corrected chi connectivity index (χ0v) is 17.1. The molecule has 0 radical (unpaired) electrons. The molecule has 4 rings (SSSR count). The number of aromatic nitrogens is 1. The van der Waals surface area contributed by atoms with Crippen molar-refractivity contribution in [1.82, 2.24) is 19.7 Å². The van der Waals surface area contributed by atoms with E-state index in [0.29, 0.717) is 42.1 Å². The molecule has 3 aliphatic heterocycles. The van der Waals surface area contributed by atoms with E-state index in [2.05, 4.69) is 34.2 Å². The van der Waals surface area contributed by atoms with Gasteiger partial charge in [-0.15, -0.1) is 0 Å². The molecule has 152 valence electrons. The summed E-state index contributed by atoms with van der Waals surface area (Å²) in [5.41, 5.74) is 0.630. The van der Waals surface area contributed by atoms with Gasteiger partial charge in [-0.05, 0) is 57.3 Å². The third-order valence-corrected chi connectivity index (χ3v) is 6.61. The van der Waals surface area contributed by atoms with Crippen LogP contribution in [0.4, 0.5) is 5.82 Å². The van der Waals surface area contributed by atoms with Crippen LogP contribution in [0.25, 0.3) is 0 Å². The maximum atomic E-state index is 13.3. The van der Waals surface area contributed by atoms with Gasteiger partial charge in [-0.3, -0.25) is 9.59 Å². The summed E-state index contributed by atoms with van der Waals surface area (Å²) in [7, 11) is 5.93. The first kappa shape index (κ1) is 19.2. The molecular weight excluding hydrogens is 354 g/mol. The highest BCUT2D eigenvalue weighted by Crippen LogP contribution is 2.42. The Balaban J connectivity index is 1.62. The van der Waals surface area contributed by atoms with Gasteiger partial charge in [0.15, 0.2) is 0 Å². The van der Waals surface area contributed by atoms with Gasteiger partial charge in [-0.25, -0.2) is 4.98 Å². The monoisotopic (exact) mass is 385 g/mol. The van der Waals surface area contributed by atoms with Crippen molar-refractivity contribution in [3.63, 3.8) is 0 Å². The highest BCUT2D eigenvalue weighted by molar-refractivity contribution is 5.98. The second-order valence-electron chi connectivity index (χ2n) is 8.71. The molecule has 0 aromatic carbocycles. The summed E-state index contributed by atoms with van der Waals surface area (Å²) < 4.78 is 0. The van der Waals surface area contributed by atoms with Gasteiger partial charge in [0.25, 0.3) is 5.91 Å². The number of piperidine rings is 3. The molecule has 2 amide bonds. The number of hydrogen-bond donors (Lipinski definition) is 1. The second-order valence-corrected chi connectivity index (χ2v) is 8.71. The fraction of sp³-hybridized carbons (Fsp3) is 0.667. The van der Waals surface area contributed by atoms with E-state index >= 15 is 0 Å². The summed E-state index contributed by atoms with van der Waals surface area (Å²) in [6.07, 6.45) is 5.51. The highest BCUT2D eigenvalue weighted by atomic mass is 16.2. The maximum Gasteiger partial charge on any atom is 0.257 e. The summed E-state index contributed by atoms with van der Waals surface area (Å²) >= 11 is 0. The molecular formula is C21H31N5O2. The third kappa shape index (κ3) is 3.36. The molecule has 4 atom stereocenters. The molecule has 1 aromatic rings. The molecule has 28 heavy (non-hydrogen) atoms. The SMILES string of the molecule is CNc1ncccc1C(=O)N1C[C@H]2C[C@@H](C1)[C@H](CN(C)C)N1C(=O)CCC[C@@H]21. The van der Waals surface area contributed by atoms with Gasteiger partial charge in [0.1, 0.15) is 5.82 Å².